The van der Waals surface area contributed by atoms with Crippen molar-refractivity contribution in [3.05, 3.63) is 54.0 Å². The summed E-state index contributed by atoms with van der Waals surface area (Å²) in [6, 6.07) is 10.6. The molecule has 2 rings (SSSR count). The molecule has 1 atom stereocenters. The third-order valence-corrected chi connectivity index (χ3v) is 3.56. The Morgan fingerprint density at radius 1 is 1.14 bits per heavy atom. The van der Waals surface area contributed by atoms with Crippen molar-refractivity contribution in [2.24, 2.45) is 0 Å². The number of aromatic nitrogens is 2. The summed E-state index contributed by atoms with van der Waals surface area (Å²) in [4.78, 5) is 11.2. The van der Waals surface area contributed by atoms with Gasteiger partial charge in [-0.3, -0.25) is 4.98 Å². The van der Waals surface area contributed by atoms with Gasteiger partial charge in [0.1, 0.15) is 5.82 Å². The highest BCUT2D eigenvalue weighted by molar-refractivity contribution is 5.42. The molecular formula is C17H24N4. The van der Waals surface area contributed by atoms with E-state index in [1.807, 2.05) is 30.6 Å². The number of hydrogen-bond acceptors (Lipinski definition) is 4. The average Bonchev–Trinajstić information content (AvgIpc) is 2.54. The molecule has 0 aliphatic carbocycles. The minimum atomic E-state index is 0.338. The van der Waals surface area contributed by atoms with Crippen molar-refractivity contribution >= 4 is 5.82 Å². The van der Waals surface area contributed by atoms with Crippen molar-refractivity contribution in [1.82, 2.24) is 15.3 Å². The van der Waals surface area contributed by atoms with Gasteiger partial charge in [0.25, 0.3) is 0 Å². The van der Waals surface area contributed by atoms with Crippen LogP contribution in [0, 0.1) is 0 Å². The standard InChI is InChI=1S/C17H24N4/c1-4-18-14(3)15-9-11-20-17(12-15)21(5-2)13-16-8-6-7-10-19-16/h6-12,14,18H,4-5,13H2,1-3H3. The van der Waals surface area contributed by atoms with Crippen LogP contribution in [0.25, 0.3) is 0 Å². The molecule has 2 aromatic rings. The molecule has 2 aromatic heterocycles. The van der Waals surface area contributed by atoms with Crippen LogP contribution in [-0.4, -0.2) is 23.1 Å². The first-order valence-corrected chi connectivity index (χ1v) is 7.58. The van der Waals surface area contributed by atoms with Gasteiger partial charge in [0, 0.05) is 25.0 Å². The normalized spacial score (nSPS) is 12.1. The summed E-state index contributed by atoms with van der Waals surface area (Å²) in [6.45, 7) is 9.09. The average molecular weight is 284 g/mol. The number of hydrogen-bond donors (Lipinski definition) is 1. The SMILES string of the molecule is CCNC(C)c1ccnc(N(CC)Cc2ccccn2)c1. The molecule has 0 bridgehead atoms. The largest absolute Gasteiger partial charge is 0.351 e. The van der Waals surface area contributed by atoms with E-state index in [1.165, 1.54) is 5.56 Å². The number of pyridine rings is 2. The predicted molar refractivity (Wildman–Crippen MR) is 87.3 cm³/mol. The highest BCUT2D eigenvalue weighted by Crippen LogP contribution is 2.19. The van der Waals surface area contributed by atoms with E-state index in [4.69, 9.17) is 0 Å². The van der Waals surface area contributed by atoms with Crippen LogP contribution in [0.1, 0.15) is 38.1 Å². The summed E-state index contributed by atoms with van der Waals surface area (Å²) >= 11 is 0. The van der Waals surface area contributed by atoms with Crippen LogP contribution < -0.4 is 10.2 Å². The molecule has 0 aromatic carbocycles. The molecule has 0 saturated carbocycles. The third-order valence-electron chi connectivity index (χ3n) is 3.56. The zero-order valence-corrected chi connectivity index (χ0v) is 13.1. The van der Waals surface area contributed by atoms with E-state index in [0.29, 0.717) is 6.04 Å². The van der Waals surface area contributed by atoms with Crippen LogP contribution in [0.4, 0.5) is 5.82 Å². The van der Waals surface area contributed by atoms with Crippen molar-refractivity contribution in [2.45, 2.75) is 33.4 Å². The van der Waals surface area contributed by atoms with E-state index in [2.05, 4.69) is 53.1 Å². The lowest BCUT2D eigenvalue weighted by Crippen LogP contribution is -2.24. The Balaban J connectivity index is 2.16. The molecule has 0 radical (unpaired) electrons. The Kier molecular flexibility index (Phi) is 5.69. The van der Waals surface area contributed by atoms with Gasteiger partial charge >= 0.3 is 0 Å². The lowest BCUT2D eigenvalue weighted by atomic mass is 10.1. The van der Waals surface area contributed by atoms with E-state index >= 15 is 0 Å². The summed E-state index contributed by atoms with van der Waals surface area (Å²) < 4.78 is 0. The van der Waals surface area contributed by atoms with Crippen molar-refractivity contribution < 1.29 is 0 Å². The molecule has 0 aliphatic heterocycles. The predicted octanol–water partition coefficient (Wildman–Crippen LogP) is 3.17. The fourth-order valence-corrected chi connectivity index (χ4v) is 2.34. The molecular weight excluding hydrogens is 260 g/mol. The van der Waals surface area contributed by atoms with Crippen molar-refractivity contribution in [3.63, 3.8) is 0 Å². The molecule has 112 valence electrons. The molecule has 0 saturated heterocycles. The van der Waals surface area contributed by atoms with Crippen LogP contribution in [0.2, 0.25) is 0 Å². The van der Waals surface area contributed by atoms with Crippen molar-refractivity contribution in [2.75, 3.05) is 18.0 Å². The van der Waals surface area contributed by atoms with Crippen LogP contribution in [0.3, 0.4) is 0 Å². The Bertz CT molecular complexity index is 541. The Hall–Kier alpha value is -1.94. The quantitative estimate of drug-likeness (QED) is 0.848. The first-order chi connectivity index (χ1) is 10.2. The monoisotopic (exact) mass is 284 g/mol. The van der Waals surface area contributed by atoms with Crippen LogP contribution in [-0.2, 0) is 6.54 Å². The fourth-order valence-electron chi connectivity index (χ4n) is 2.34. The van der Waals surface area contributed by atoms with Crippen LogP contribution >= 0.6 is 0 Å². The second-order valence-electron chi connectivity index (χ2n) is 5.06. The summed E-state index contributed by atoms with van der Waals surface area (Å²) in [7, 11) is 0. The topological polar surface area (TPSA) is 41.1 Å². The maximum absolute atomic E-state index is 4.52. The van der Waals surface area contributed by atoms with Gasteiger partial charge in [-0.15, -0.1) is 0 Å². The lowest BCUT2D eigenvalue weighted by molar-refractivity contribution is 0.597. The number of rotatable bonds is 7. The molecule has 1 N–H and O–H groups in total. The van der Waals surface area contributed by atoms with Crippen molar-refractivity contribution in [3.8, 4) is 0 Å². The first-order valence-electron chi connectivity index (χ1n) is 7.58. The Labute approximate surface area is 127 Å². The van der Waals surface area contributed by atoms with E-state index in [-0.39, 0.29) is 0 Å². The Morgan fingerprint density at radius 3 is 2.67 bits per heavy atom. The molecule has 0 spiro atoms. The minimum absolute atomic E-state index is 0.338. The van der Waals surface area contributed by atoms with E-state index < -0.39 is 0 Å². The van der Waals surface area contributed by atoms with E-state index in [9.17, 15) is 0 Å². The molecule has 1 unspecified atom stereocenters. The first kappa shape index (κ1) is 15.4. The van der Waals surface area contributed by atoms with E-state index in [0.717, 1.165) is 31.1 Å². The van der Waals surface area contributed by atoms with Gasteiger partial charge in [0.15, 0.2) is 0 Å². The van der Waals surface area contributed by atoms with Gasteiger partial charge in [-0.25, -0.2) is 4.98 Å². The van der Waals surface area contributed by atoms with Gasteiger partial charge in [-0.2, -0.15) is 0 Å². The molecule has 0 amide bonds. The summed E-state index contributed by atoms with van der Waals surface area (Å²) in [5.41, 5.74) is 2.33. The second kappa shape index (κ2) is 7.74. The summed E-state index contributed by atoms with van der Waals surface area (Å²) in [5.74, 6) is 1.01. The molecule has 0 fully saturated rings. The van der Waals surface area contributed by atoms with Gasteiger partial charge < -0.3 is 10.2 Å². The maximum atomic E-state index is 4.52. The smallest absolute Gasteiger partial charge is 0.129 e. The lowest BCUT2D eigenvalue weighted by Gasteiger charge is -2.23. The fraction of sp³-hybridized carbons (Fsp3) is 0.412. The highest BCUT2D eigenvalue weighted by atomic mass is 15.2. The molecule has 21 heavy (non-hydrogen) atoms. The summed E-state index contributed by atoms with van der Waals surface area (Å²) in [6.07, 6.45) is 3.72. The molecule has 2 heterocycles. The zero-order chi connectivity index (χ0) is 15.1. The zero-order valence-electron chi connectivity index (χ0n) is 13.1. The van der Waals surface area contributed by atoms with E-state index in [1.54, 1.807) is 0 Å². The highest BCUT2D eigenvalue weighted by Gasteiger charge is 2.10. The number of nitrogens with one attached hydrogen (secondary N) is 1. The molecule has 0 aliphatic rings. The summed E-state index contributed by atoms with van der Waals surface area (Å²) in [5, 5.41) is 3.44. The third kappa shape index (κ3) is 4.26. The van der Waals surface area contributed by atoms with Gasteiger partial charge in [-0.1, -0.05) is 13.0 Å². The second-order valence-corrected chi connectivity index (χ2v) is 5.06. The maximum Gasteiger partial charge on any atom is 0.129 e. The Morgan fingerprint density at radius 2 is 2.00 bits per heavy atom. The van der Waals surface area contributed by atoms with Crippen LogP contribution in [0.5, 0.6) is 0 Å². The molecule has 4 nitrogen and oxygen atoms in total. The van der Waals surface area contributed by atoms with Gasteiger partial charge in [0.2, 0.25) is 0 Å². The molecule has 4 heteroatoms. The minimum Gasteiger partial charge on any atom is -0.351 e. The van der Waals surface area contributed by atoms with Crippen molar-refractivity contribution in [1.29, 1.82) is 0 Å². The number of anilines is 1. The van der Waals surface area contributed by atoms with Crippen LogP contribution in [0.15, 0.2) is 42.7 Å². The number of nitrogens with zero attached hydrogens (tertiary/aromatic N) is 3. The van der Waals surface area contributed by atoms with Gasteiger partial charge in [-0.05, 0) is 50.2 Å². The van der Waals surface area contributed by atoms with Gasteiger partial charge in [0.05, 0.1) is 12.2 Å².